The van der Waals surface area contributed by atoms with Crippen LogP contribution in [0, 0.1) is 0 Å². The molecule has 0 saturated carbocycles. The fourth-order valence-corrected chi connectivity index (χ4v) is 4.12. The van der Waals surface area contributed by atoms with Gasteiger partial charge in [-0.3, -0.25) is 29.0 Å². The van der Waals surface area contributed by atoms with Gasteiger partial charge in [0.15, 0.2) is 5.43 Å². The molecule has 0 bridgehead atoms. The summed E-state index contributed by atoms with van der Waals surface area (Å²) in [5.74, 6) is -2.30. The molecule has 2 aromatic carbocycles. The topological polar surface area (TPSA) is 87.9 Å². The van der Waals surface area contributed by atoms with Crippen LogP contribution in [0.2, 0.25) is 0 Å². The van der Waals surface area contributed by atoms with Crippen LogP contribution in [0.4, 0.5) is 5.69 Å². The molecule has 5 rings (SSSR count). The summed E-state index contributed by atoms with van der Waals surface area (Å²) in [6.07, 6.45) is 1.17. The maximum Gasteiger partial charge on any atom is 0.278 e. The number of amides is 3. The van der Waals surface area contributed by atoms with Crippen LogP contribution >= 0.6 is 0 Å². The minimum Gasteiger partial charge on any atom is -0.464 e. The number of para-hydroxylation sites is 2. The summed E-state index contributed by atoms with van der Waals surface area (Å²) in [6, 6.07) is 15.5. The van der Waals surface area contributed by atoms with E-state index in [1.54, 1.807) is 54.6 Å². The highest BCUT2D eigenvalue weighted by Crippen LogP contribution is 2.42. The van der Waals surface area contributed by atoms with Crippen molar-refractivity contribution < 1.29 is 18.8 Å². The van der Waals surface area contributed by atoms with Crippen molar-refractivity contribution in [3.8, 4) is 0 Å². The number of nitrogens with zero attached hydrogens (tertiary/aromatic N) is 2. The fourth-order valence-electron chi connectivity index (χ4n) is 4.12. The number of hydrogen-bond donors (Lipinski definition) is 0. The van der Waals surface area contributed by atoms with Crippen LogP contribution in [0.1, 0.15) is 17.9 Å². The molecule has 7 heteroatoms. The third-order valence-corrected chi connectivity index (χ3v) is 5.59. The number of imide groups is 1. The summed E-state index contributed by atoms with van der Waals surface area (Å²) in [5, 5.41) is 0.361. The molecule has 0 radical (unpaired) electrons. The van der Waals surface area contributed by atoms with Crippen molar-refractivity contribution in [2.24, 2.45) is 0 Å². The molecule has 1 aromatic heterocycles. The second kappa shape index (κ2) is 6.52. The summed E-state index contributed by atoms with van der Waals surface area (Å²) in [7, 11) is 1.37. The normalized spacial score (nSPS) is 19.1. The lowest BCUT2D eigenvalue weighted by molar-refractivity contribution is -0.136. The van der Waals surface area contributed by atoms with Crippen molar-refractivity contribution in [1.82, 2.24) is 4.90 Å². The van der Waals surface area contributed by atoms with Crippen LogP contribution < -0.4 is 10.3 Å². The van der Waals surface area contributed by atoms with Gasteiger partial charge in [0.25, 0.3) is 11.8 Å². The van der Waals surface area contributed by atoms with E-state index >= 15 is 0 Å². The molecule has 148 valence electrons. The Balaban J connectivity index is 1.75. The summed E-state index contributed by atoms with van der Waals surface area (Å²) < 4.78 is 5.60. The van der Waals surface area contributed by atoms with Gasteiger partial charge in [-0.1, -0.05) is 30.3 Å². The Bertz CT molecular complexity index is 1320. The zero-order valence-corrected chi connectivity index (χ0v) is 16.0. The second-order valence-electron chi connectivity index (χ2n) is 7.27. The molecule has 0 N–H and O–H groups in total. The van der Waals surface area contributed by atoms with Gasteiger partial charge < -0.3 is 4.42 Å². The van der Waals surface area contributed by atoms with Gasteiger partial charge in [0, 0.05) is 30.6 Å². The quantitative estimate of drug-likeness (QED) is 0.617. The lowest BCUT2D eigenvalue weighted by Crippen LogP contribution is -2.39. The predicted octanol–water partition coefficient (Wildman–Crippen LogP) is 2.57. The molecule has 7 nitrogen and oxygen atoms in total. The van der Waals surface area contributed by atoms with Gasteiger partial charge in [-0.2, -0.15) is 0 Å². The first-order chi connectivity index (χ1) is 14.5. The first-order valence-corrected chi connectivity index (χ1v) is 9.44. The van der Waals surface area contributed by atoms with E-state index in [9.17, 15) is 19.2 Å². The number of rotatable bonds is 2. The van der Waals surface area contributed by atoms with Gasteiger partial charge in [-0.05, 0) is 24.3 Å². The number of carbonyl (C=O) groups excluding carboxylic acids is 3. The Morgan fingerprint density at radius 1 is 0.900 bits per heavy atom. The van der Waals surface area contributed by atoms with E-state index in [-0.39, 0.29) is 34.6 Å². The van der Waals surface area contributed by atoms with E-state index in [4.69, 9.17) is 4.42 Å². The minimum atomic E-state index is -0.852. The highest BCUT2D eigenvalue weighted by molar-refractivity contribution is 6.26. The molecule has 3 aromatic rings. The van der Waals surface area contributed by atoms with Crippen LogP contribution in [0.25, 0.3) is 11.0 Å². The first kappa shape index (κ1) is 18.1. The van der Waals surface area contributed by atoms with Gasteiger partial charge in [0.1, 0.15) is 11.3 Å². The van der Waals surface area contributed by atoms with Gasteiger partial charge in [0.05, 0.1) is 17.2 Å². The Hall–Kier alpha value is -4.00. The molecule has 0 fully saturated rings. The summed E-state index contributed by atoms with van der Waals surface area (Å²) in [5.41, 5.74) is 0.939. The van der Waals surface area contributed by atoms with Crippen molar-refractivity contribution >= 4 is 34.4 Å². The molecule has 0 spiro atoms. The molecule has 0 saturated heterocycles. The van der Waals surface area contributed by atoms with Gasteiger partial charge >= 0.3 is 0 Å². The van der Waals surface area contributed by atoms with Gasteiger partial charge in [0.2, 0.25) is 5.91 Å². The number of likely N-dealkylation sites (N-methyl/N-ethyl adjacent to an activating group) is 1. The first-order valence-electron chi connectivity index (χ1n) is 9.44. The monoisotopic (exact) mass is 400 g/mol. The van der Waals surface area contributed by atoms with Gasteiger partial charge in [-0.15, -0.1) is 0 Å². The summed E-state index contributed by atoms with van der Waals surface area (Å²) in [4.78, 5) is 54.4. The smallest absolute Gasteiger partial charge is 0.278 e. The summed E-state index contributed by atoms with van der Waals surface area (Å²) >= 11 is 0. The Labute approximate surface area is 170 Å². The fraction of sp³-hybridized carbons (Fsp3) is 0.130. The minimum absolute atomic E-state index is 0.00232. The van der Waals surface area contributed by atoms with Crippen molar-refractivity contribution in [1.29, 1.82) is 0 Å². The molecular formula is C23H16N2O5. The van der Waals surface area contributed by atoms with Crippen LogP contribution in [0.3, 0.4) is 0 Å². The zero-order chi connectivity index (χ0) is 21.0. The van der Waals surface area contributed by atoms with Crippen molar-refractivity contribution in [2.75, 3.05) is 11.9 Å². The molecular weight excluding hydrogens is 384 g/mol. The standard InChI is InChI=1S/C23H16N2O5/c1-24-22(28)19-15(16-12-30-17-10-6-5-9-14(17)21(16)27)11-18(26)25(20(19)23(24)29)13-7-3-2-4-8-13/h2-10,12,15H,11H2,1H3. The number of benzene rings is 2. The van der Waals surface area contributed by atoms with Crippen LogP contribution in [-0.2, 0) is 14.4 Å². The number of fused-ring (bicyclic) bond motifs is 1. The largest absolute Gasteiger partial charge is 0.464 e. The van der Waals surface area contributed by atoms with Crippen molar-refractivity contribution in [3.05, 3.63) is 87.9 Å². The average molecular weight is 400 g/mol. The lowest BCUT2D eigenvalue weighted by Gasteiger charge is -2.31. The maximum atomic E-state index is 13.1. The predicted molar refractivity (Wildman–Crippen MR) is 109 cm³/mol. The second-order valence-corrected chi connectivity index (χ2v) is 7.27. The van der Waals surface area contributed by atoms with Crippen LogP contribution in [0.5, 0.6) is 0 Å². The van der Waals surface area contributed by atoms with E-state index in [0.717, 1.165) is 4.90 Å². The van der Waals surface area contributed by atoms with E-state index < -0.39 is 17.7 Å². The third kappa shape index (κ3) is 2.45. The van der Waals surface area contributed by atoms with Crippen molar-refractivity contribution in [3.63, 3.8) is 0 Å². The third-order valence-electron chi connectivity index (χ3n) is 5.59. The molecule has 1 unspecified atom stereocenters. The molecule has 0 aliphatic carbocycles. The zero-order valence-electron chi connectivity index (χ0n) is 16.0. The highest BCUT2D eigenvalue weighted by Gasteiger charge is 2.49. The maximum absolute atomic E-state index is 13.1. The average Bonchev–Trinajstić information content (AvgIpc) is 2.99. The molecule has 2 aliphatic heterocycles. The number of anilines is 1. The molecule has 2 aliphatic rings. The number of hydrogen-bond acceptors (Lipinski definition) is 5. The lowest BCUT2D eigenvalue weighted by atomic mass is 9.84. The van der Waals surface area contributed by atoms with E-state index in [2.05, 4.69) is 0 Å². The van der Waals surface area contributed by atoms with Crippen LogP contribution in [-0.4, -0.2) is 29.7 Å². The summed E-state index contributed by atoms with van der Waals surface area (Å²) in [6.45, 7) is 0. The Morgan fingerprint density at radius 2 is 1.60 bits per heavy atom. The Morgan fingerprint density at radius 3 is 2.37 bits per heavy atom. The van der Waals surface area contributed by atoms with E-state index in [1.165, 1.54) is 18.2 Å². The number of carbonyl (C=O) groups is 3. The molecule has 30 heavy (non-hydrogen) atoms. The SMILES string of the molecule is CN1C(=O)C2=C(C1=O)N(c1ccccc1)C(=O)CC2c1coc2ccccc2c1=O. The van der Waals surface area contributed by atoms with E-state index in [0.29, 0.717) is 16.7 Å². The molecule has 3 heterocycles. The van der Waals surface area contributed by atoms with E-state index in [1.807, 2.05) is 0 Å². The van der Waals surface area contributed by atoms with Gasteiger partial charge in [-0.25, -0.2) is 0 Å². The van der Waals surface area contributed by atoms with Crippen LogP contribution in [0.15, 0.2) is 81.3 Å². The molecule has 3 amide bonds. The van der Waals surface area contributed by atoms with Crippen molar-refractivity contribution in [2.45, 2.75) is 12.3 Å². The highest BCUT2D eigenvalue weighted by atomic mass is 16.3. The Kier molecular flexibility index (Phi) is 3.92. The molecule has 1 atom stereocenters.